The number of amides is 3. The molecule has 1 aliphatic heterocycles. The van der Waals surface area contributed by atoms with Crippen LogP contribution in [0.2, 0.25) is 0 Å². The lowest BCUT2D eigenvalue weighted by Crippen LogP contribution is -2.38. The average molecular weight is 449 g/mol. The Morgan fingerprint density at radius 3 is 2.43 bits per heavy atom. The van der Waals surface area contributed by atoms with E-state index in [9.17, 15) is 19.2 Å². The van der Waals surface area contributed by atoms with Crippen LogP contribution in [-0.2, 0) is 23.9 Å². The van der Waals surface area contributed by atoms with Crippen LogP contribution in [0.5, 0.6) is 0 Å². The van der Waals surface area contributed by atoms with Gasteiger partial charge in [0, 0.05) is 10.2 Å². The molecule has 4 rings (SSSR count). The fraction of sp³-hybridized carbons (Fsp3) is 0.500. The number of esters is 1. The van der Waals surface area contributed by atoms with Crippen molar-refractivity contribution >= 4 is 45.3 Å². The second kappa shape index (κ2) is 7.31. The van der Waals surface area contributed by atoms with Crippen LogP contribution < -0.4 is 5.32 Å². The Balaban J connectivity index is 1.29. The quantitative estimate of drug-likeness (QED) is 0.550. The van der Waals surface area contributed by atoms with E-state index in [0.717, 1.165) is 34.2 Å². The molecule has 1 saturated heterocycles. The fourth-order valence-electron chi connectivity index (χ4n) is 4.87. The first-order valence-corrected chi connectivity index (χ1v) is 10.2. The molecule has 28 heavy (non-hydrogen) atoms. The Morgan fingerprint density at radius 1 is 1.18 bits per heavy atom. The van der Waals surface area contributed by atoms with E-state index in [4.69, 9.17) is 4.74 Å². The highest BCUT2D eigenvalue weighted by molar-refractivity contribution is 9.10. The number of carbonyl (C=O) groups is 4. The van der Waals surface area contributed by atoms with Crippen molar-refractivity contribution < 1.29 is 23.9 Å². The van der Waals surface area contributed by atoms with E-state index in [1.54, 1.807) is 12.1 Å². The smallest absolute Gasteiger partial charge is 0.326 e. The summed E-state index contributed by atoms with van der Waals surface area (Å²) < 4.78 is 5.90. The molecule has 148 valence electrons. The number of hydrogen-bond donors (Lipinski definition) is 1. The van der Waals surface area contributed by atoms with Crippen molar-refractivity contribution in [3.8, 4) is 0 Å². The zero-order chi connectivity index (χ0) is 20.0. The summed E-state index contributed by atoms with van der Waals surface area (Å²) in [5, 5.41) is 2.64. The summed E-state index contributed by atoms with van der Waals surface area (Å²) in [4.78, 5) is 50.3. The molecule has 0 unspecified atom stereocenters. The third-order valence-corrected chi connectivity index (χ3v) is 7.00. The highest BCUT2D eigenvalue weighted by Gasteiger charge is 2.61. The number of rotatable bonds is 5. The maximum atomic E-state index is 12.6. The van der Waals surface area contributed by atoms with Crippen molar-refractivity contribution in [1.82, 2.24) is 4.90 Å². The summed E-state index contributed by atoms with van der Waals surface area (Å²) in [5.41, 5.74) is 1.55. The van der Waals surface area contributed by atoms with Gasteiger partial charge in [-0.05, 0) is 61.8 Å². The van der Waals surface area contributed by atoms with E-state index in [1.807, 2.05) is 13.0 Å². The number of fused-ring (bicyclic) bond motifs is 5. The van der Waals surface area contributed by atoms with Crippen LogP contribution in [0, 0.1) is 30.6 Å². The first-order chi connectivity index (χ1) is 13.3. The van der Waals surface area contributed by atoms with Crippen LogP contribution in [-0.4, -0.2) is 41.7 Å². The lowest BCUT2D eigenvalue weighted by atomic mass is 9.81. The van der Waals surface area contributed by atoms with Gasteiger partial charge in [0.1, 0.15) is 6.54 Å². The number of nitrogens with zero attached hydrogens (tertiary/aromatic N) is 1. The zero-order valence-corrected chi connectivity index (χ0v) is 17.0. The molecular formula is C20H21BrN2O5. The molecular weight excluding hydrogens is 428 g/mol. The van der Waals surface area contributed by atoms with Crippen LogP contribution >= 0.6 is 15.9 Å². The van der Waals surface area contributed by atoms with Crippen LogP contribution in [0.1, 0.15) is 24.8 Å². The molecule has 3 fully saturated rings. The molecule has 7 nitrogen and oxygen atoms in total. The third kappa shape index (κ3) is 3.34. The number of halogens is 1. The summed E-state index contributed by atoms with van der Waals surface area (Å²) in [5.74, 6) is -1.73. The minimum absolute atomic E-state index is 0.256. The Hall–Kier alpha value is -2.22. The molecule has 2 aliphatic carbocycles. The van der Waals surface area contributed by atoms with Gasteiger partial charge in [-0.3, -0.25) is 24.1 Å². The number of nitrogens with one attached hydrogen (secondary N) is 1. The van der Waals surface area contributed by atoms with Gasteiger partial charge >= 0.3 is 5.97 Å². The number of hydrogen-bond acceptors (Lipinski definition) is 5. The summed E-state index contributed by atoms with van der Waals surface area (Å²) in [6.07, 6.45) is 2.92. The van der Waals surface area contributed by atoms with Gasteiger partial charge in [-0.25, -0.2) is 0 Å². The lowest BCUT2D eigenvalue weighted by Gasteiger charge is -2.19. The number of likely N-dealkylation sites (tertiary alicyclic amines) is 1. The number of imide groups is 1. The van der Waals surface area contributed by atoms with Gasteiger partial charge in [-0.1, -0.05) is 15.9 Å². The molecule has 8 heteroatoms. The van der Waals surface area contributed by atoms with Gasteiger partial charge < -0.3 is 10.1 Å². The van der Waals surface area contributed by atoms with Gasteiger partial charge in [0.25, 0.3) is 5.91 Å². The van der Waals surface area contributed by atoms with Crippen LogP contribution in [0.25, 0.3) is 0 Å². The number of benzene rings is 1. The molecule has 3 aliphatic rings. The molecule has 0 aromatic heterocycles. The maximum Gasteiger partial charge on any atom is 0.326 e. The van der Waals surface area contributed by atoms with Crippen molar-refractivity contribution in [3.05, 3.63) is 28.2 Å². The number of carbonyl (C=O) groups excluding carboxylic acids is 4. The molecule has 0 spiro atoms. The van der Waals surface area contributed by atoms with Gasteiger partial charge in [-0.2, -0.15) is 0 Å². The molecule has 2 bridgehead atoms. The van der Waals surface area contributed by atoms with Gasteiger partial charge in [-0.15, -0.1) is 0 Å². The predicted octanol–water partition coefficient (Wildman–Crippen LogP) is 2.27. The Labute approximate surface area is 170 Å². The Morgan fingerprint density at radius 2 is 1.82 bits per heavy atom. The molecule has 3 amide bonds. The average Bonchev–Trinajstić information content (AvgIpc) is 3.33. The first kappa shape index (κ1) is 19.1. The van der Waals surface area contributed by atoms with Gasteiger partial charge in [0.05, 0.1) is 11.8 Å². The van der Waals surface area contributed by atoms with Crippen molar-refractivity contribution in [2.45, 2.75) is 26.2 Å². The van der Waals surface area contributed by atoms with E-state index >= 15 is 0 Å². The van der Waals surface area contributed by atoms with Crippen LogP contribution in [0.4, 0.5) is 5.69 Å². The summed E-state index contributed by atoms with van der Waals surface area (Å²) in [7, 11) is 0. The minimum atomic E-state index is -0.754. The van der Waals surface area contributed by atoms with E-state index in [0.29, 0.717) is 5.69 Å². The fourth-order valence-corrected chi connectivity index (χ4v) is 5.11. The molecule has 1 aromatic carbocycles. The van der Waals surface area contributed by atoms with Gasteiger partial charge in [0.15, 0.2) is 6.61 Å². The van der Waals surface area contributed by atoms with Crippen molar-refractivity contribution in [2.75, 3.05) is 18.5 Å². The topological polar surface area (TPSA) is 92.8 Å². The van der Waals surface area contributed by atoms with E-state index in [1.165, 1.54) is 0 Å². The second-order valence-corrected chi connectivity index (χ2v) is 8.67. The SMILES string of the molecule is Cc1cc(NC(=O)COC(=O)CN2C(=O)[C@@H]3[C@H]4CC[C@@H](C4)[C@@H]3C2=O)ccc1Br. The third-order valence-electron chi connectivity index (χ3n) is 6.11. The number of anilines is 1. The van der Waals surface area contributed by atoms with Crippen LogP contribution in [0.3, 0.4) is 0 Å². The summed E-state index contributed by atoms with van der Waals surface area (Å²) in [6.45, 7) is 1.00. The molecule has 2 saturated carbocycles. The normalized spacial score (nSPS) is 27.9. The predicted molar refractivity (Wildman–Crippen MR) is 103 cm³/mol. The highest BCUT2D eigenvalue weighted by Crippen LogP contribution is 2.56. The first-order valence-electron chi connectivity index (χ1n) is 9.42. The summed E-state index contributed by atoms with van der Waals surface area (Å²) >= 11 is 3.38. The van der Waals surface area contributed by atoms with E-state index in [2.05, 4.69) is 21.2 Å². The van der Waals surface area contributed by atoms with E-state index in [-0.39, 0.29) is 35.5 Å². The molecule has 4 atom stereocenters. The molecule has 1 N–H and O–H groups in total. The molecule has 0 radical (unpaired) electrons. The van der Waals surface area contributed by atoms with Crippen molar-refractivity contribution in [1.29, 1.82) is 0 Å². The van der Waals surface area contributed by atoms with Crippen molar-refractivity contribution in [3.63, 3.8) is 0 Å². The van der Waals surface area contributed by atoms with Crippen LogP contribution in [0.15, 0.2) is 22.7 Å². The Bertz CT molecular complexity index is 842. The Kier molecular flexibility index (Phi) is 4.99. The minimum Gasteiger partial charge on any atom is -0.454 e. The monoisotopic (exact) mass is 448 g/mol. The standard InChI is InChI=1S/C20H21BrN2O5/c1-10-6-13(4-5-14(10)21)22-15(24)9-28-16(25)8-23-19(26)17-11-2-3-12(7-11)18(17)20(23)27/h4-6,11-12,17-18H,2-3,7-9H2,1H3,(H,22,24)/t11-,12-,17-,18+/m0/s1. The molecule has 1 heterocycles. The number of aryl methyl sites for hydroxylation is 1. The largest absolute Gasteiger partial charge is 0.454 e. The second-order valence-electron chi connectivity index (χ2n) is 7.82. The summed E-state index contributed by atoms with van der Waals surface area (Å²) in [6, 6.07) is 5.33. The van der Waals surface area contributed by atoms with E-state index < -0.39 is 25.0 Å². The van der Waals surface area contributed by atoms with Crippen molar-refractivity contribution in [2.24, 2.45) is 23.7 Å². The van der Waals surface area contributed by atoms with Gasteiger partial charge in [0.2, 0.25) is 11.8 Å². The molecule has 1 aromatic rings. The maximum absolute atomic E-state index is 12.6. The zero-order valence-electron chi connectivity index (χ0n) is 15.4. The lowest BCUT2D eigenvalue weighted by molar-refractivity contribution is -0.154. The number of ether oxygens (including phenoxy) is 1. The highest BCUT2D eigenvalue weighted by atomic mass is 79.9.